The van der Waals surface area contributed by atoms with Gasteiger partial charge in [0, 0.05) is 21.0 Å². The Bertz CT molecular complexity index is 862. The summed E-state index contributed by atoms with van der Waals surface area (Å²) in [6, 6.07) is 21.0. The molecule has 0 saturated heterocycles. The molecule has 2 heteroatoms. The van der Waals surface area contributed by atoms with E-state index in [-0.39, 0.29) is 0 Å². The minimum absolute atomic E-state index is 1.03. The first-order valence-electron chi connectivity index (χ1n) is 6.24. The Morgan fingerprint density at radius 2 is 1.63 bits per heavy atom. The van der Waals surface area contributed by atoms with Crippen LogP contribution in [0.1, 0.15) is 0 Å². The Labute approximate surface area is 115 Å². The maximum absolute atomic E-state index is 4.85. The molecule has 2 aromatic carbocycles. The molecule has 4 aromatic rings. The number of pyridine rings is 1. The molecule has 2 heterocycles. The van der Waals surface area contributed by atoms with Gasteiger partial charge in [-0.25, -0.2) is 4.98 Å². The molecule has 0 spiro atoms. The first-order valence-corrected chi connectivity index (χ1v) is 7.12. The molecule has 0 saturated carbocycles. The van der Waals surface area contributed by atoms with Crippen molar-refractivity contribution in [2.75, 3.05) is 0 Å². The van der Waals surface area contributed by atoms with Crippen LogP contribution >= 0.6 is 11.3 Å². The molecule has 0 aliphatic carbocycles. The summed E-state index contributed by atoms with van der Waals surface area (Å²) in [5, 5.41) is 4.58. The van der Waals surface area contributed by atoms with Gasteiger partial charge in [0.2, 0.25) is 0 Å². The van der Waals surface area contributed by atoms with Crippen molar-refractivity contribution < 1.29 is 0 Å². The van der Waals surface area contributed by atoms with E-state index < -0.39 is 0 Å². The zero-order chi connectivity index (χ0) is 12.7. The van der Waals surface area contributed by atoms with Crippen molar-refractivity contribution in [3.05, 3.63) is 66.0 Å². The normalized spacial score (nSPS) is 11.2. The molecule has 1 nitrogen and oxygen atoms in total. The maximum atomic E-state index is 4.85. The van der Waals surface area contributed by atoms with E-state index in [1.54, 1.807) is 11.3 Å². The summed E-state index contributed by atoms with van der Waals surface area (Å²) in [5.41, 5.74) is 3.29. The summed E-state index contributed by atoms with van der Waals surface area (Å²) in [4.78, 5) is 4.85. The van der Waals surface area contributed by atoms with Gasteiger partial charge in [0.15, 0.2) is 0 Å². The molecule has 2 aromatic heterocycles. The monoisotopic (exact) mass is 261 g/mol. The van der Waals surface area contributed by atoms with Crippen LogP contribution in [0.25, 0.3) is 32.2 Å². The molecule has 19 heavy (non-hydrogen) atoms. The zero-order valence-electron chi connectivity index (χ0n) is 10.2. The van der Waals surface area contributed by atoms with Gasteiger partial charge in [0.05, 0.1) is 11.2 Å². The van der Waals surface area contributed by atoms with Crippen LogP contribution in [0.2, 0.25) is 0 Å². The fourth-order valence-corrected chi connectivity index (χ4v) is 3.19. The number of hydrogen-bond donors (Lipinski definition) is 0. The number of hydrogen-bond acceptors (Lipinski definition) is 2. The van der Waals surface area contributed by atoms with E-state index in [0.717, 1.165) is 16.8 Å². The Morgan fingerprint density at radius 3 is 2.53 bits per heavy atom. The van der Waals surface area contributed by atoms with E-state index in [0.29, 0.717) is 0 Å². The van der Waals surface area contributed by atoms with Gasteiger partial charge < -0.3 is 0 Å². The van der Waals surface area contributed by atoms with E-state index in [9.17, 15) is 0 Å². The molecule has 0 bridgehead atoms. The minimum atomic E-state index is 1.03. The quantitative estimate of drug-likeness (QED) is 0.463. The molecular weight excluding hydrogens is 250 g/mol. The summed E-state index contributed by atoms with van der Waals surface area (Å²) in [5.74, 6) is 0. The van der Waals surface area contributed by atoms with Crippen molar-refractivity contribution in [3.8, 4) is 11.3 Å². The average molecular weight is 261 g/mol. The van der Waals surface area contributed by atoms with E-state index >= 15 is 0 Å². The molecule has 0 radical (unpaired) electrons. The lowest BCUT2D eigenvalue weighted by atomic mass is 10.1. The Hall–Kier alpha value is -2.19. The summed E-state index contributed by atoms with van der Waals surface area (Å²) < 4.78 is 1.30. The van der Waals surface area contributed by atoms with Gasteiger partial charge in [-0.3, -0.25) is 0 Å². The van der Waals surface area contributed by atoms with Crippen LogP contribution < -0.4 is 0 Å². The summed E-state index contributed by atoms with van der Waals surface area (Å²) in [6.45, 7) is 0. The van der Waals surface area contributed by atoms with Crippen molar-refractivity contribution in [2.24, 2.45) is 0 Å². The van der Waals surface area contributed by atoms with Crippen LogP contribution in [-0.4, -0.2) is 4.98 Å². The van der Waals surface area contributed by atoms with Crippen LogP contribution in [0.4, 0.5) is 0 Å². The fraction of sp³-hybridized carbons (Fsp3) is 0. The summed E-state index contributed by atoms with van der Waals surface area (Å²) in [6.07, 6.45) is 0. The lowest BCUT2D eigenvalue weighted by Gasteiger charge is -2.04. The topological polar surface area (TPSA) is 12.9 Å². The largest absolute Gasteiger partial charge is 0.247 e. The fourth-order valence-electron chi connectivity index (χ4n) is 2.40. The lowest BCUT2D eigenvalue weighted by molar-refractivity contribution is 1.41. The van der Waals surface area contributed by atoms with Crippen molar-refractivity contribution in [1.29, 1.82) is 0 Å². The minimum Gasteiger partial charge on any atom is -0.247 e. The van der Waals surface area contributed by atoms with Gasteiger partial charge in [-0.1, -0.05) is 42.5 Å². The molecule has 0 aliphatic rings. The smallest absolute Gasteiger partial charge is 0.0796 e. The third kappa shape index (κ3) is 1.72. The number of benzene rings is 2. The second-order valence-corrected chi connectivity index (χ2v) is 5.48. The number of aromatic nitrogens is 1. The highest BCUT2D eigenvalue weighted by atomic mass is 32.1. The summed E-state index contributed by atoms with van der Waals surface area (Å²) in [7, 11) is 0. The number of nitrogens with zero attached hydrogens (tertiary/aromatic N) is 1. The molecule has 0 atom stereocenters. The maximum Gasteiger partial charge on any atom is 0.0796 e. The first-order chi connectivity index (χ1) is 9.42. The number of rotatable bonds is 1. The van der Waals surface area contributed by atoms with E-state index in [2.05, 4.69) is 47.8 Å². The van der Waals surface area contributed by atoms with Gasteiger partial charge >= 0.3 is 0 Å². The molecule has 0 fully saturated rings. The number of fused-ring (bicyclic) bond motifs is 3. The van der Waals surface area contributed by atoms with Gasteiger partial charge in [-0.05, 0) is 23.6 Å². The van der Waals surface area contributed by atoms with Crippen molar-refractivity contribution in [2.45, 2.75) is 0 Å². The first kappa shape index (κ1) is 10.7. The zero-order valence-corrected chi connectivity index (χ0v) is 11.0. The lowest BCUT2D eigenvalue weighted by Crippen LogP contribution is -1.85. The van der Waals surface area contributed by atoms with Crippen LogP contribution in [0.15, 0.2) is 66.0 Å². The molecular formula is C17H11NS. The summed E-state index contributed by atoms with van der Waals surface area (Å²) >= 11 is 1.76. The molecule has 0 N–H and O–H groups in total. The van der Waals surface area contributed by atoms with Crippen LogP contribution in [0.5, 0.6) is 0 Å². The van der Waals surface area contributed by atoms with Crippen molar-refractivity contribution in [3.63, 3.8) is 0 Å². The van der Waals surface area contributed by atoms with Gasteiger partial charge in [0.1, 0.15) is 0 Å². The Balaban J connectivity index is 2.04. The van der Waals surface area contributed by atoms with Gasteiger partial charge in [-0.15, -0.1) is 11.3 Å². The predicted octanol–water partition coefficient (Wildman–Crippen LogP) is 5.12. The van der Waals surface area contributed by atoms with E-state index in [1.807, 2.05) is 18.2 Å². The predicted molar refractivity (Wildman–Crippen MR) is 82.6 cm³/mol. The highest BCUT2D eigenvalue weighted by Crippen LogP contribution is 2.29. The Kier molecular flexibility index (Phi) is 2.35. The third-order valence-corrected chi connectivity index (χ3v) is 4.24. The highest BCUT2D eigenvalue weighted by molar-refractivity contribution is 7.17. The standard InChI is InChI=1S/C17H11NS/c1-2-4-12(5-3-1)15-8-6-13-7-9-16-14(10-11-19-16)17(13)18-15/h1-11H. The van der Waals surface area contributed by atoms with Crippen molar-refractivity contribution >= 4 is 32.3 Å². The molecule has 0 aliphatic heterocycles. The SMILES string of the molecule is c1ccc(-c2ccc3ccc4sccc4c3n2)cc1. The second kappa shape index (κ2) is 4.18. The van der Waals surface area contributed by atoms with Crippen LogP contribution in [0.3, 0.4) is 0 Å². The van der Waals surface area contributed by atoms with Gasteiger partial charge in [0.25, 0.3) is 0 Å². The molecule has 4 rings (SSSR count). The van der Waals surface area contributed by atoms with E-state index in [4.69, 9.17) is 4.98 Å². The second-order valence-electron chi connectivity index (χ2n) is 4.53. The van der Waals surface area contributed by atoms with Gasteiger partial charge in [-0.2, -0.15) is 0 Å². The average Bonchev–Trinajstić information content (AvgIpc) is 2.96. The van der Waals surface area contributed by atoms with Crippen LogP contribution in [-0.2, 0) is 0 Å². The number of thiophene rings is 1. The molecule has 90 valence electrons. The molecule has 0 unspecified atom stereocenters. The third-order valence-electron chi connectivity index (χ3n) is 3.36. The molecule has 0 amide bonds. The van der Waals surface area contributed by atoms with Crippen molar-refractivity contribution in [1.82, 2.24) is 4.98 Å². The van der Waals surface area contributed by atoms with Crippen LogP contribution in [0, 0.1) is 0 Å². The Morgan fingerprint density at radius 1 is 0.789 bits per heavy atom. The van der Waals surface area contributed by atoms with E-state index in [1.165, 1.54) is 15.5 Å². The highest BCUT2D eigenvalue weighted by Gasteiger charge is 2.05.